The van der Waals surface area contributed by atoms with Crippen molar-refractivity contribution in [3.05, 3.63) is 102 Å². The van der Waals surface area contributed by atoms with Gasteiger partial charge < -0.3 is 4.98 Å². The smallest absolute Gasteiger partial charge is 0.255 e. The first kappa shape index (κ1) is 16.5. The lowest BCUT2D eigenvalue weighted by Gasteiger charge is -2.29. The summed E-state index contributed by atoms with van der Waals surface area (Å²) in [6.07, 6.45) is 2.54. The van der Waals surface area contributed by atoms with Gasteiger partial charge >= 0.3 is 0 Å². The van der Waals surface area contributed by atoms with Gasteiger partial charge in [-0.05, 0) is 29.3 Å². The van der Waals surface area contributed by atoms with Gasteiger partial charge in [0.1, 0.15) is 0 Å². The number of aromatic amines is 1. The van der Waals surface area contributed by atoms with Crippen LogP contribution in [0.25, 0.3) is 10.9 Å². The molecule has 1 aliphatic rings. The van der Waals surface area contributed by atoms with Crippen LogP contribution in [0.2, 0.25) is 0 Å². The molecule has 0 bridgehead atoms. The number of hydrogen-bond acceptors (Lipinski definition) is 2. The maximum absolute atomic E-state index is 13.4. The molecule has 1 aromatic heterocycles. The Morgan fingerprint density at radius 3 is 2.32 bits per heavy atom. The van der Waals surface area contributed by atoms with Crippen molar-refractivity contribution < 1.29 is 4.79 Å². The molecule has 1 aliphatic heterocycles. The van der Waals surface area contributed by atoms with E-state index in [1.165, 1.54) is 0 Å². The van der Waals surface area contributed by atoms with E-state index in [0.29, 0.717) is 6.42 Å². The van der Waals surface area contributed by atoms with Crippen LogP contribution in [0.5, 0.6) is 0 Å². The molecule has 5 rings (SSSR count). The van der Waals surface area contributed by atoms with E-state index in [4.69, 9.17) is 5.10 Å². The topological polar surface area (TPSA) is 48.5 Å². The lowest BCUT2D eigenvalue weighted by Crippen LogP contribution is -2.37. The second-order valence-corrected chi connectivity index (χ2v) is 6.94. The monoisotopic (exact) mass is 365 g/mol. The first-order valence-electron chi connectivity index (χ1n) is 9.39. The summed E-state index contributed by atoms with van der Waals surface area (Å²) in [5.41, 5.74) is 4.80. The number of aromatic nitrogens is 1. The number of para-hydroxylation sites is 2. The number of anilines is 1. The Bertz CT molecular complexity index is 1160. The number of hydrogen-bond donors (Lipinski definition) is 1. The number of nitrogens with one attached hydrogen (secondary N) is 1. The Labute approximate surface area is 163 Å². The van der Waals surface area contributed by atoms with Gasteiger partial charge in [0.15, 0.2) is 0 Å². The fourth-order valence-electron chi connectivity index (χ4n) is 3.82. The van der Waals surface area contributed by atoms with Crippen LogP contribution >= 0.6 is 0 Å². The quantitative estimate of drug-likeness (QED) is 0.540. The van der Waals surface area contributed by atoms with Crippen molar-refractivity contribution in [2.24, 2.45) is 5.10 Å². The van der Waals surface area contributed by atoms with Gasteiger partial charge in [0, 0.05) is 23.5 Å². The summed E-state index contributed by atoms with van der Waals surface area (Å²) in [5, 5.41) is 7.37. The number of H-pyrrole nitrogens is 1. The van der Waals surface area contributed by atoms with Gasteiger partial charge in [-0.3, -0.25) is 4.79 Å². The Morgan fingerprint density at radius 2 is 1.54 bits per heavy atom. The fourth-order valence-corrected chi connectivity index (χ4v) is 3.82. The summed E-state index contributed by atoms with van der Waals surface area (Å²) >= 11 is 0. The summed E-state index contributed by atoms with van der Waals surface area (Å²) in [6.45, 7) is 0. The number of rotatable bonds is 3. The van der Waals surface area contributed by atoms with Crippen LogP contribution in [0.15, 0.2) is 96.2 Å². The zero-order valence-corrected chi connectivity index (χ0v) is 15.2. The van der Waals surface area contributed by atoms with E-state index >= 15 is 0 Å². The number of nitrogens with zero attached hydrogens (tertiary/aromatic N) is 2. The van der Waals surface area contributed by atoms with Crippen molar-refractivity contribution in [3.8, 4) is 0 Å². The largest absolute Gasteiger partial charge is 0.361 e. The standard InChI is InChI=1S/C24H19N3O/c28-24-20(21-16-25-22-14-8-7-13-19(21)22)15-23(17-9-3-1-4-10-17)26-27(24)18-11-5-2-6-12-18/h1-14,16,20,25H,15H2/t20-/m1/s1. The van der Waals surface area contributed by atoms with Gasteiger partial charge in [-0.15, -0.1) is 0 Å². The molecule has 136 valence electrons. The lowest BCUT2D eigenvalue weighted by molar-refractivity contribution is -0.120. The molecule has 1 atom stereocenters. The minimum atomic E-state index is -0.288. The summed E-state index contributed by atoms with van der Waals surface area (Å²) in [6, 6.07) is 27.8. The Balaban J connectivity index is 1.64. The molecule has 4 nitrogen and oxygen atoms in total. The molecule has 2 heterocycles. The molecular formula is C24H19N3O. The Morgan fingerprint density at radius 1 is 0.857 bits per heavy atom. The van der Waals surface area contributed by atoms with Crippen molar-refractivity contribution in [1.82, 2.24) is 4.98 Å². The van der Waals surface area contributed by atoms with Crippen LogP contribution in [0, 0.1) is 0 Å². The third kappa shape index (κ3) is 2.79. The summed E-state index contributed by atoms with van der Waals surface area (Å²) in [5.74, 6) is -0.292. The van der Waals surface area contributed by atoms with Gasteiger partial charge in [-0.2, -0.15) is 10.1 Å². The van der Waals surface area contributed by atoms with Crippen molar-refractivity contribution in [1.29, 1.82) is 0 Å². The van der Waals surface area contributed by atoms with Crippen LogP contribution in [0.1, 0.15) is 23.5 Å². The minimum Gasteiger partial charge on any atom is -0.361 e. The molecule has 0 saturated carbocycles. The second-order valence-electron chi connectivity index (χ2n) is 6.94. The summed E-state index contributed by atoms with van der Waals surface area (Å²) in [7, 11) is 0. The predicted octanol–water partition coefficient (Wildman–Crippen LogP) is 5.09. The van der Waals surface area contributed by atoms with Crippen molar-refractivity contribution in [2.75, 3.05) is 5.01 Å². The summed E-state index contributed by atoms with van der Waals surface area (Å²) < 4.78 is 0. The maximum Gasteiger partial charge on any atom is 0.255 e. The normalized spacial score (nSPS) is 17.0. The number of carbonyl (C=O) groups excluding carboxylic acids is 1. The number of carbonyl (C=O) groups is 1. The fraction of sp³-hybridized carbons (Fsp3) is 0.0833. The third-order valence-corrected chi connectivity index (χ3v) is 5.23. The first-order valence-corrected chi connectivity index (χ1v) is 9.39. The SMILES string of the molecule is O=C1[C@@H](c2c[nH]c3ccccc23)CC(c2ccccc2)=NN1c1ccccc1. The van der Waals surface area contributed by atoms with Crippen molar-refractivity contribution >= 4 is 28.2 Å². The first-order chi connectivity index (χ1) is 13.8. The van der Waals surface area contributed by atoms with E-state index in [0.717, 1.165) is 33.4 Å². The van der Waals surface area contributed by atoms with Crippen molar-refractivity contribution in [3.63, 3.8) is 0 Å². The Kier molecular flexibility index (Phi) is 4.02. The summed E-state index contributed by atoms with van der Waals surface area (Å²) in [4.78, 5) is 16.8. The van der Waals surface area contributed by atoms with Gasteiger partial charge in [0.2, 0.25) is 0 Å². The maximum atomic E-state index is 13.4. The van der Waals surface area contributed by atoms with E-state index < -0.39 is 0 Å². The van der Waals surface area contributed by atoms with Crippen LogP contribution in [-0.2, 0) is 4.79 Å². The molecule has 0 spiro atoms. The average Bonchev–Trinajstić information content (AvgIpc) is 3.19. The van der Waals surface area contributed by atoms with E-state index in [1.807, 2.05) is 85.1 Å². The molecular weight excluding hydrogens is 346 g/mol. The highest BCUT2D eigenvalue weighted by atomic mass is 16.2. The number of fused-ring (bicyclic) bond motifs is 1. The molecule has 1 amide bonds. The zero-order valence-electron chi connectivity index (χ0n) is 15.2. The van der Waals surface area contributed by atoms with E-state index in [9.17, 15) is 4.79 Å². The molecule has 1 N–H and O–H groups in total. The lowest BCUT2D eigenvalue weighted by atomic mass is 9.88. The highest BCUT2D eigenvalue weighted by Gasteiger charge is 2.34. The molecule has 4 aromatic rings. The highest BCUT2D eigenvalue weighted by Crippen LogP contribution is 2.35. The number of benzene rings is 3. The van der Waals surface area contributed by atoms with Gasteiger partial charge in [-0.25, -0.2) is 0 Å². The Hall–Kier alpha value is -3.66. The van der Waals surface area contributed by atoms with Gasteiger partial charge in [-0.1, -0.05) is 66.7 Å². The molecule has 0 unspecified atom stereocenters. The number of amides is 1. The highest BCUT2D eigenvalue weighted by molar-refractivity contribution is 6.12. The zero-order chi connectivity index (χ0) is 18.9. The molecule has 0 aliphatic carbocycles. The van der Waals surface area contributed by atoms with Crippen LogP contribution in [-0.4, -0.2) is 16.6 Å². The molecule has 4 heteroatoms. The number of hydrazone groups is 1. The third-order valence-electron chi connectivity index (χ3n) is 5.23. The molecule has 0 fully saturated rings. The van der Waals surface area contributed by atoms with Crippen LogP contribution in [0.4, 0.5) is 5.69 Å². The van der Waals surface area contributed by atoms with Gasteiger partial charge in [0.25, 0.3) is 5.91 Å². The van der Waals surface area contributed by atoms with E-state index in [1.54, 1.807) is 5.01 Å². The molecule has 28 heavy (non-hydrogen) atoms. The van der Waals surface area contributed by atoms with Gasteiger partial charge in [0.05, 0.1) is 17.3 Å². The predicted molar refractivity (Wildman–Crippen MR) is 113 cm³/mol. The second kappa shape index (κ2) is 6.82. The molecule has 0 radical (unpaired) electrons. The molecule has 0 saturated heterocycles. The van der Waals surface area contributed by atoms with Crippen molar-refractivity contribution in [2.45, 2.75) is 12.3 Å². The van der Waals surface area contributed by atoms with E-state index in [2.05, 4.69) is 11.1 Å². The molecule has 3 aromatic carbocycles. The van der Waals surface area contributed by atoms with Crippen LogP contribution < -0.4 is 5.01 Å². The van der Waals surface area contributed by atoms with Crippen LogP contribution in [0.3, 0.4) is 0 Å². The average molecular weight is 365 g/mol. The minimum absolute atomic E-state index is 0.00404. The van der Waals surface area contributed by atoms with E-state index in [-0.39, 0.29) is 11.8 Å².